The van der Waals surface area contributed by atoms with Crippen LogP contribution in [0.4, 0.5) is 4.39 Å². The van der Waals surface area contributed by atoms with Gasteiger partial charge in [0.1, 0.15) is 0 Å². The number of hydrogen-bond acceptors (Lipinski definition) is 1. The SMILES string of the molecule is Fc1ccc([Se]c2ccccc2)cn1. The van der Waals surface area contributed by atoms with Gasteiger partial charge in [-0.3, -0.25) is 0 Å². The third-order valence-corrected chi connectivity index (χ3v) is 3.75. The molecule has 0 bridgehead atoms. The maximum atomic E-state index is 12.5. The summed E-state index contributed by atoms with van der Waals surface area (Å²) in [5, 5.41) is 0. The van der Waals surface area contributed by atoms with E-state index in [-0.39, 0.29) is 15.0 Å². The Hall–Kier alpha value is -1.18. The summed E-state index contributed by atoms with van der Waals surface area (Å²) in [5.74, 6) is -0.419. The van der Waals surface area contributed by atoms with E-state index in [0.29, 0.717) is 0 Å². The quantitative estimate of drug-likeness (QED) is 0.571. The summed E-state index contributed by atoms with van der Waals surface area (Å²) in [6.45, 7) is 0. The van der Waals surface area contributed by atoms with E-state index < -0.39 is 5.95 Å². The van der Waals surface area contributed by atoms with Gasteiger partial charge in [0.15, 0.2) is 0 Å². The van der Waals surface area contributed by atoms with Crippen molar-refractivity contribution in [1.82, 2.24) is 4.98 Å². The van der Waals surface area contributed by atoms with Gasteiger partial charge in [0.25, 0.3) is 0 Å². The van der Waals surface area contributed by atoms with Gasteiger partial charge < -0.3 is 0 Å². The van der Waals surface area contributed by atoms with Gasteiger partial charge >= 0.3 is 87.9 Å². The van der Waals surface area contributed by atoms with E-state index in [2.05, 4.69) is 17.1 Å². The van der Waals surface area contributed by atoms with E-state index in [1.165, 1.54) is 10.5 Å². The molecule has 0 radical (unpaired) electrons. The minimum atomic E-state index is -0.419. The van der Waals surface area contributed by atoms with Gasteiger partial charge in [-0.1, -0.05) is 0 Å². The van der Waals surface area contributed by atoms with Crippen molar-refractivity contribution in [3.8, 4) is 0 Å². The molecule has 0 aliphatic rings. The molecular formula is C11H8FNSe. The van der Waals surface area contributed by atoms with Crippen LogP contribution in [-0.4, -0.2) is 19.9 Å². The van der Waals surface area contributed by atoms with Gasteiger partial charge in [-0.05, 0) is 0 Å². The van der Waals surface area contributed by atoms with Crippen molar-refractivity contribution >= 4 is 23.9 Å². The number of aromatic nitrogens is 1. The van der Waals surface area contributed by atoms with Crippen molar-refractivity contribution in [2.24, 2.45) is 0 Å². The molecule has 1 heterocycles. The topological polar surface area (TPSA) is 12.9 Å². The Morgan fingerprint density at radius 1 is 0.929 bits per heavy atom. The van der Waals surface area contributed by atoms with E-state index in [1.807, 2.05) is 18.2 Å². The Labute approximate surface area is 88.2 Å². The van der Waals surface area contributed by atoms with E-state index in [4.69, 9.17) is 0 Å². The first-order chi connectivity index (χ1) is 6.84. The third-order valence-electron chi connectivity index (χ3n) is 1.68. The summed E-state index contributed by atoms with van der Waals surface area (Å²) < 4.78 is 14.9. The molecule has 70 valence electrons. The molecule has 1 aromatic carbocycles. The number of nitrogens with zero attached hydrogens (tertiary/aromatic N) is 1. The number of halogens is 1. The van der Waals surface area contributed by atoms with Crippen molar-refractivity contribution in [2.75, 3.05) is 0 Å². The minimum absolute atomic E-state index is 0.224. The van der Waals surface area contributed by atoms with Gasteiger partial charge in [-0.25, -0.2) is 0 Å². The second-order valence-corrected chi connectivity index (χ2v) is 5.14. The van der Waals surface area contributed by atoms with Crippen LogP contribution in [0.1, 0.15) is 0 Å². The predicted octanol–water partition coefficient (Wildman–Crippen LogP) is 0.876. The van der Waals surface area contributed by atoms with E-state index in [0.717, 1.165) is 4.46 Å². The van der Waals surface area contributed by atoms with E-state index in [9.17, 15) is 4.39 Å². The molecule has 2 aromatic rings. The van der Waals surface area contributed by atoms with Crippen molar-refractivity contribution in [3.63, 3.8) is 0 Å². The van der Waals surface area contributed by atoms with Crippen LogP contribution in [0.2, 0.25) is 0 Å². The zero-order chi connectivity index (χ0) is 9.80. The maximum absolute atomic E-state index is 12.5. The average molecular weight is 252 g/mol. The predicted molar refractivity (Wildman–Crippen MR) is 55.7 cm³/mol. The number of benzene rings is 1. The first-order valence-corrected chi connectivity index (χ1v) is 5.90. The van der Waals surface area contributed by atoms with Crippen molar-refractivity contribution in [1.29, 1.82) is 0 Å². The molecule has 14 heavy (non-hydrogen) atoms. The Morgan fingerprint density at radius 2 is 1.71 bits per heavy atom. The zero-order valence-corrected chi connectivity index (χ0v) is 9.07. The van der Waals surface area contributed by atoms with E-state index in [1.54, 1.807) is 12.3 Å². The summed E-state index contributed by atoms with van der Waals surface area (Å²) in [7, 11) is 0. The molecule has 1 nitrogen and oxygen atoms in total. The van der Waals surface area contributed by atoms with Crippen LogP contribution in [0.15, 0.2) is 48.7 Å². The molecule has 0 amide bonds. The second-order valence-electron chi connectivity index (χ2n) is 2.73. The molecule has 3 heteroatoms. The second kappa shape index (κ2) is 4.36. The fourth-order valence-corrected chi connectivity index (χ4v) is 2.74. The molecule has 0 saturated carbocycles. The Morgan fingerprint density at radius 3 is 2.36 bits per heavy atom. The summed E-state index contributed by atoms with van der Waals surface area (Å²) in [5.41, 5.74) is 0. The molecule has 0 atom stereocenters. The fourth-order valence-electron chi connectivity index (χ4n) is 1.05. The molecule has 1 aromatic heterocycles. The van der Waals surface area contributed by atoms with Crippen LogP contribution in [-0.2, 0) is 0 Å². The Balaban J connectivity index is 2.16. The van der Waals surface area contributed by atoms with Crippen LogP contribution in [0.5, 0.6) is 0 Å². The van der Waals surface area contributed by atoms with Crippen LogP contribution < -0.4 is 8.92 Å². The average Bonchev–Trinajstić information content (AvgIpc) is 2.23. The number of pyridine rings is 1. The van der Waals surface area contributed by atoms with Gasteiger partial charge in [-0.15, -0.1) is 0 Å². The summed E-state index contributed by atoms with van der Waals surface area (Å²) in [4.78, 5) is 3.62. The van der Waals surface area contributed by atoms with Crippen LogP contribution in [0.25, 0.3) is 0 Å². The van der Waals surface area contributed by atoms with Crippen LogP contribution in [0, 0.1) is 5.95 Å². The van der Waals surface area contributed by atoms with Crippen molar-refractivity contribution in [3.05, 3.63) is 54.6 Å². The van der Waals surface area contributed by atoms with Gasteiger partial charge in [0.05, 0.1) is 0 Å². The first-order valence-electron chi connectivity index (χ1n) is 4.19. The Bertz CT molecular complexity index is 399. The Kier molecular flexibility index (Phi) is 2.92. The van der Waals surface area contributed by atoms with Crippen LogP contribution in [0.3, 0.4) is 0 Å². The molecule has 2 rings (SSSR count). The van der Waals surface area contributed by atoms with E-state index >= 15 is 0 Å². The summed E-state index contributed by atoms with van der Waals surface area (Å²) >= 11 is 0.224. The third kappa shape index (κ3) is 2.41. The monoisotopic (exact) mass is 253 g/mol. The molecule has 0 unspecified atom stereocenters. The van der Waals surface area contributed by atoms with Gasteiger partial charge in [0, 0.05) is 0 Å². The van der Waals surface area contributed by atoms with Gasteiger partial charge in [0.2, 0.25) is 0 Å². The molecule has 0 spiro atoms. The molecule has 0 N–H and O–H groups in total. The normalized spacial score (nSPS) is 10.1. The van der Waals surface area contributed by atoms with Crippen LogP contribution >= 0.6 is 0 Å². The summed E-state index contributed by atoms with van der Waals surface area (Å²) in [6.07, 6.45) is 1.60. The first kappa shape index (κ1) is 9.38. The van der Waals surface area contributed by atoms with Crippen molar-refractivity contribution < 1.29 is 4.39 Å². The molecule has 0 saturated heterocycles. The van der Waals surface area contributed by atoms with Gasteiger partial charge in [-0.2, -0.15) is 0 Å². The number of hydrogen-bond donors (Lipinski definition) is 0. The zero-order valence-electron chi connectivity index (χ0n) is 7.35. The summed E-state index contributed by atoms with van der Waals surface area (Å²) in [6, 6.07) is 13.3. The molecular weight excluding hydrogens is 244 g/mol. The van der Waals surface area contributed by atoms with Crippen molar-refractivity contribution in [2.45, 2.75) is 0 Å². The molecule has 0 aliphatic carbocycles. The standard InChI is InChI=1S/C11H8FNSe/c12-11-7-6-10(8-13-11)14-9-4-2-1-3-5-9/h1-8H. The molecule has 0 fully saturated rings. The fraction of sp³-hybridized carbons (Fsp3) is 0. The number of rotatable bonds is 2. The molecule has 0 aliphatic heterocycles.